The highest BCUT2D eigenvalue weighted by Crippen LogP contribution is 2.23. The molecule has 0 unspecified atom stereocenters. The minimum absolute atomic E-state index is 0.0541. The van der Waals surface area contributed by atoms with Gasteiger partial charge in [0.25, 0.3) is 0 Å². The molecule has 2 aromatic rings. The normalized spacial score (nSPS) is 10.5. The molecule has 0 aliphatic heterocycles. The van der Waals surface area contributed by atoms with Crippen molar-refractivity contribution < 1.29 is 5.11 Å². The fourth-order valence-electron chi connectivity index (χ4n) is 1.43. The van der Waals surface area contributed by atoms with E-state index in [2.05, 4.69) is 27.1 Å². The lowest BCUT2D eigenvalue weighted by Crippen LogP contribution is -2.03. The van der Waals surface area contributed by atoms with E-state index >= 15 is 0 Å². The Labute approximate surface area is 86.8 Å². The molecule has 0 radical (unpaired) electrons. The van der Waals surface area contributed by atoms with Gasteiger partial charge in [0.1, 0.15) is 11.0 Å². The average Bonchev–Trinajstić information content (AvgIpc) is 2.73. The van der Waals surface area contributed by atoms with Crippen molar-refractivity contribution in [1.82, 2.24) is 15.2 Å². The number of H-pyrrole nitrogens is 1. The van der Waals surface area contributed by atoms with E-state index in [1.54, 1.807) is 18.5 Å². The molecule has 0 aromatic carbocycles. The van der Waals surface area contributed by atoms with Gasteiger partial charge in [0.15, 0.2) is 0 Å². The zero-order valence-corrected chi connectivity index (χ0v) is 8.20. The molecule has 3 N–H and O–H groups in total. The lowest BCUT2D eigenvalue weighted by molar-refractivity contribution is 0.282. The Balaban J connectivity index is 2.52. The van der Waals surface area contributed by atoms with Crippen LogP contribution in [0.15, 0.2) is 25.0 Å². The van der Waals surface area contributed by atoms with Crippen molar-refractivity contribution in [2.24, 2.45) is 0 Å². The van der Waals surface area contributed by atoms with Gasteiger partial charge in [0.05, 0.1) is 18.5 Å². The summed E-state index contributed by atoms with van der Waals surface area (Å²) >= 11 is 0. The molecule has 2 heterocycles. The number of aromatic nitrogens is 3. The predicted molar refractivity (Wildman–Crippen MR) is 58.5 cm³/mol. The van der Waals surface area contributed by atoms with Crippen molar-refractivity contribution in [2.45, 2.75) is 6.61 Å². The number of pyridine rings is 1. The van der Waals surface area contributed by atoms with Crippen LogP contribution in [-0.4, -0.2) is 26.8 Å². The SMILES string of the molecule is C=CCNc1c(CO)cnc2cn[nH]c12. The number of nitrogens with zero attached hydrogens (tertiary/aromatic N) is 2. The van der Waals surface area contributed by atoms with Crippen molar-refractivity contribution >= 4 is 16.7 Å². The minimum atomic E-state index is -0.0541. The average molecular weight is 204 g/mol. The van der Waals surface area contributed by atoms with E-state index in [1.165, 1.54) is 0 Å². The van der Waals surface area contributed by atoms with Crippen LogP contribution in [0.3, 0.4) is 0 Å². The highest BCUT2D eigenvalue weighted by molar-refractivity contribution is 5.88. The molecule has 0 saturated heterocycles. The molecule has 0 aliphatic rings. The maximum absolute atomic E-state index is 9.17. The van der Waals surface area contributed by atoms with E-state index in [9.17, 15) is 5.11 Å². The number of aliphatic hydroxyl groups is 1. The zero-order valence-electron chi connectivity index (χ0n) is 8.20. The monoisotopic (exact) mass is 204 g/mol. The van der Waals surface area contributed by atoms with E-state index in [0.29, 0.717) is 6.54 Å². The fourth-order valence-corrected chi connectivity index (χ4v) is 1.43. The molecular weight excluding hydrogens is 192 g/mol. The molecular formula is C10H12N4O. The van der Waals surface area contributed by atoms with Crippen LogP contribution >= 0.6 is 0 Å². The Bertz CT molecular complexity index is 477. The summed E-state index contributed by atoms with van der Waals surface area (Å²) in [6, 6.07) is 0. The maximum atomic E-state index is 9.17. The standard InChI is InChI=1S/C10H12N4O/c1-2-3-11-9-7(6-15)4-12-8-5-13-14-10(8)9/h2,4-5,15H,1,3,6H2,(H,11,12)(H,13,14). The summed E-state index contributed by atoms with van der Waals surface area (Å²) in [6.45, 7) is 4.21. The van der Waals surface area contributed by atoms with Gasteiger partial charge >= 0.3 is 0 Å². The number of aliphatic hydroxyl groups excluding tert-OH is 1. The first-order valence-electron chi connectivity index (χ1n) is 4.63. The minimum Gasteiger partial charge on any atom is -0.392 e. The molecule has 0 aliphatic carbocycles. The van der Waals surface area contributed by atoms with Gasteiger partial charge in [-0.2, -0.15) is 5.10 Å². The van der Waals surface area contributed by atoms with Gasteiger partial charge in [-0.15, -0.1) is 6.58 Å². The van der Waals surface area contributed by atoms with Crippen molar-refractivity contribution in [2.75, 3.05) is 11.9 Å². The Morgan fingerprint density at radius 3 is 3.13 bits per heavy atom. The van der Waals surface area contributed by atoms with Gasteiger partial charge in [-0.1, -0.05) is 6.08 Å². The van der Waals surface area contributed by atoms with E-state index in [1.807, 2.05) is 0 Å². The molecule has 0 fully saturated rings. The first-order chi connectivity index (χ1) is 7.36. The third kappa shape index (κ3) is 1.69. The topological polar surface area (TPSA) is 73.8 Å². The fraction of sp³-hybridized carbons (Fsp3) is 0.200. The smallest absolute Gasteiger partial charge is 0.110 e. The quantitative estimate of drug-likeness (QED) is 0.651. The van der Waals surface area contributed by atoms with Crippen LogP contribution in [0.4, 0.5) is 5.69 Å². The summed E-state index contributed by atoms with van der Waals surface area (Å²) in [5.74, 6) is 0. The van der Waals surface area contributed by atoms with Gasteiger partial charge in [-0.25, -0.2) is 0 Å². The van der Waals surface area contributed by atoms with Crippen molar-refractivity contribution in [3.63, 3.8) is 0 Å². The number of anilines is 1. The lowest BCUT2D eigenvalue weighted by atomic mass is 10.2. The van der Waals surface area contributed by atoms with Crippen LogP contribution in [0.25, 0.3) is 11.0 Å². The van der Waals surface area contributed by atoms with Gasteiger partial charge in [-0.3, -0.25) is 10.1 Å². The van der Waals surface area contributed by atoms with Crippen LogP contribution in [0.5, 0.6) is 0 Å². The second kappa shape index (κ2) is 4.10. The Morgan fingerprint density at radius 1 is 1.53 bits per heavy atom. The van der Waals surface area contributed by atoms with E-state index in [-0.39, 0.29) is 6.61 Å². The number of fused-ring (bicyclic) bond motifs is 1. The summed E-state index contributed by atoms with van der Waals surface area (Å²) in [7, 11) is 0. The number of nitrogens with one attached hydrogen (secondary N) is 2. The molecule has 0 spiro atoms. The number of hydrogen-bond acceptors (Lipinski definition) is 4. The molecule has 0 saturated carbocycles. The molecule has 2 aromatic heterocycles. The van der Waals surface area contributed by atoms with Crippen LogP contribution in [-0.2, 0) is 6.61 Å². The third-order valence-electron chi connectivity index (χ3n) is 2.14. The van der Waals surface area contributed by atoms with E-state index < -0.39 is 0 Å². The Hall–Kier alpha value is -1.88. The second-order valence-electron chi connectivity index (χ2n) is 3.12. The van der Waals surface area contributed by atoms with Gasteiger partial charge in [0, 0.05) is 18.3 Å². The summed E-state index contributed by atoms with van der Waals surface area (Å²) in [5.41, 5.74) is 3.16. The summed E-state index contributed by atoms with van der Waals surface area (Å²) in [5, 5.41) is 19.1. The highest BCUT2D eigenvalue weighted by atomic mass is 16.3. The number of rotatable bonds is 4. The molecule has 0 bridgehead atoms. The number of hydrogen-bond donors (Lipinski definition) is 3. The molecule has 15 heavy (non-hydrogen) atoms. The van der Waals surface area contributed by atoms with E-state index in [0.717, 1.165) is 22.3 Å². The predicted octanol–water partition coefficient (Wildman–Crippen LogP) is 1.05. The number of aromatic amines is 1. The van der Waals surface area contributed by atoms with Crippen LogP contribution in [0, 0.1) is 0 Å². The van der Waals surface area contributed by atoms with Crippen molar-refractivity contribution in [3.8, 4) is 0 Å². The molecule has 0 amide bonds. The van der Waals surface area contributed by atoms with Crippen molar-refractivity contribution in [1.29, 1.82) is 0 Å². The largest absolute Gasteiger partial charge is 0.392 e. The van der Waals surface area contributed by atoms with Crippen LogP contribution < -0.4 is 5.32 Å². The summed E-state index contributed by atoms with van der Waals surface area (Å²) in [6.07, 6.45) is 5.04. The molecule has 5 nitrogen and oxygen atoms in total. The Morgan fingerprint density at radius 2 is 2.40 bits per heavy atom. The van der Waals surface area contributed by atoms with Crippen LogP contribution in [0.1, 0.15) is 5.56 Å². The molecule has 0 atom stereocenters. The van der Waals surface area contributed by atoms with Gasteiger partial charge < -0.3 is 10.4 Å². The summed E-state index contributed by atoms with van der Waals surface area (Å²) in [4.78, 5) is 4.16. The van der Waals surface area contributed by atoms with Crippen molar-refractivity contribution in [3.05, 3.63) is 30.6 Å². The molecule has 78 valence electrons. The van der Waals surface area contributed by atoms with E-state index in [4.69, 9.17) is 0 Å². The third-order valence-corrected chi connectivity index (χ3v) is 2.14. The van der Waals surface area contributed by atoms with Gasteiger partial charge in [-0.05, 0) is 0 Å². The highest BCUT2D eigenvalue weighted by Gasteiger charge is 2.08. The maximum Gasteiger partial charge on any atom is 0.110 e. The molecule has 5 heteroatoms. The lowest BCUT2D eigenvalue weighted by Gasteiger charge is -2.08. The zero-order chi connectivity index (χ0) is 10.7. The van der Waals surface area contributed by atoms with Gasteiger partial charge in [0.2, 0.25) is 0 Å². The van der Waals surface area contributed by atoms with Crippen LogP contribution in [0.2, 0.25) is 0 Å². The first-order valence-corrected chi connectivity index (χ1v) is 4.63. The molecule has 2 rings (SSSR count). The Kier molecular flexibility index (Phi) is 2.64. The second-order valence-corrected chi connectivity index (χ2v) is 3.12. The summed E-state index contributed by atoms with van der Waals surface area (Å²) < 4.78 is 0. The first kappa shape index (κ1) is 9.67.